The van der Waals surface area contributed by atoms with Gasteiger partial charge in [0, 0.05) is 28.7 Å². The Morgan fingerprint density at radius 3 is 2.51 bits per heavy atom. The van der Waals surface area contributed by atoms with Crippen molar-refractivity contribution in [1.29, 1.82) is 0 Å². The molecule has 0 amide bonds. The second-order valence-electron chi connectivity index (χ2n) is 8.36. The molecule has 0 N–H and O–H groups in total. The summed E-state index contributed by atoms with van der Waals surface area (Å²) in [6.07, 6.45) is 3.04. The van der Waals surface area contributed by atoms with Gasteiger partial charge in [0.25, 0.3) is 0 Å². The zero-order chi connectivity index (χ0) is 24.4. The maximum absolute atomic E-state index is 6.53. The average molecular weight is 522 g/mol. The van der Waals surface area contributed by atoms with Gasteiger partial charge in [0.15, 0.2) is 0 Å². The molecule has 1 aliphatic rings. The molecule has 0 unspecified atom stereocenters. The first-order valence-corrected chi connectivity index (χ1v) is 12.5. The maximum atomic E-state index is 6.53. The van der Waals surface area contributed by atoms with E-state index in [0.717, 1.165) is 41.7 Å². The van der Waals surface area contributed by atoms with Crippen molar-refractivity contribution in [3.63, 3.8) is 0 Å². The number of ether oxygens (including phenoxy) is 1. The van der Waals surface area contributed by atoms with Crippen LogP contribution in [0.15, 0.2) is 59.1 Å². The van der Waals surface area contributed by atoms with E-state index in [4.69, 9.17) is 44.1 Å². The van der Waals surface area contributed by atoms with E-state index >= 15 is 0 Å². The van der Waals surface area contributed by atoms with E-state index in [-0.39, 0.29) is 6.61 Å². The summed E-state index contributed by atoms with van der Waals surface area (Å²) in [4.78, 5) is 0. The standard InChI is InChI=1S/C29H21Cl3NO2/c1-2-18-6-3-4-7-19(18)10-11-20-14-15-22(16-26(20)32)34-17-23-28(33-35-29(23)21-12-13-21)27-24(30)8-5-9-25(27)31/h3,5-9,14-16,21H,2,12-13,17H2,1H3. The summed E-state index contributed by atoms with van der Waals surface area (Å²) in [6.45, 7) is 2.36. The lowest BCUT2D eigenvalue weighted by molar-refractivity contribution is 0.300. The fourth-order valence-corrected chi connectivity index (χ4v) is 4.71. The van der Waals surface area contributed by atoms with Gasteiger partial charge in [0.2, 0.25) is 0 Å². The SMILES string of the molecule is CCc1cc[c]cc1C#Cc1ccc(OCc2c(-c3c(Cl)cccc3Cl)noc2C2CC2)cc1Cl. The van der Waals surface area contributed by atoms with Gasteiger partial charge in [-0.25, -0.2) is 0 Å². The summed E-state index contributed by atoms with van der Waals surface area (Å²) in [6, 6.07) is 19.8. The van der Waals surface area contributed by atoms with Crippen LogP contribution < -0.4 is 4.74 Å². The molecular formula is C29H21Cl3NO2. The Hall–Kier alpha value is -2.90. The van der Waals surface area contributed by atoms with Crippen LogP contribution in [0.2, 0.25) is 15.1 Å². The van der Waals surface area contributed by atoms with Gasteiger partial charge in [-0.15, -0.1) is 0 Å². The number of aryl methyl sites for hydroxylation is 1. The van der Waals surface area contributed by atoms with E-state index in [0.29, 0.717) is 38.0 Å². The highest BCUT2D eigenvalue weighted by Crippen LogP contribution is 2.46. The molecule has 0 bridgehead atoms. The Labute approximate surface area is 220 Å². The minimum Gasteiger partial charge on any atom is -0.489 e. The minimum absolute atomic E-state index is 0.257. The molecule has 5 rings (SSSR count). The van der Waals surface area contributed by atoms with E-state index in [1.54, 1.807) is 24.3 Å². The molecule has 4 aromatic rings. The van der Waals surface area contributed by atoms with Crippen LogP contribution >= 0.6 is 34.8 Å². The van der Waals surface area contributed by atoms with Crippen molar-refractivity contribution in [2.75, 3.05) is 0 Å². The zero-order valence-electron chi connectivity index (χ0n) is 19.0. The number of nitrogens with zero attached hydrogens (tertiary/aromatic N) is 1. The molecule has 1 aromatic heterocycles. The van der Waals surface area contributed by atoms with E-state index in [1.165, 1.54) is 5.56 Å². The van der Waals surface area contributed by atoms with Crippen LogP contribution in [0.25, 0.3) is 11.3 Å². The van der Waals surface area contributed by atoms with Crippen molar-refractivity contribution in [2.24, 2.45) is 0 Å². The third kappa shape index (κ3) is 5.21. The summed E-state index contributed by atoms with van der Waals surface area (Å²) in [5.74, 6) is 8.17. The van der Waals surface area contributed by atoms with Gasteiger partial charge in [-0.05, 0) is 61.2 Å². The number of benzene rings is 3. The highest BCUT2D eigenvalue weighted by molar-refractivity contribution is 6.39. The molecule has 0 atom stereocenters. The first kappa shape index (κ1) is 23.8. The first-order chi connectivity index (χ1) is 17.0. The molecule has 3 nitrogen and oxygen atoms in total. The maximum Gasteiger partial charge on any atom is 0.147 e. The van der Waals surface area contributed by atoms with Gasteiger partial charge in [-0.3, -0.25) is 0 Å². The van der Waals surface area contributed by atoms with Crippen molar-refractivity contribution < 1.29 is 9.26 Å². The molecule has 1 saturated carbocycles. The van der Waals surface area contributed by atoms with E-state index < -0.39 is 0 Å². The second-order valence-corrected chi connectivity index (χ2v) is 9.58. The van der Waals surface area contributed by atoms with Crippen LogP contribution in [0.3, 0.4) is 0 Å². The monoisotopic (exact) mass is 520 g/mol. The third-order valence-corrected chi connectivity index (χ3v) is 6.90. The Kier molecular flexibility index (Phi) is 7.07. The molecule has 3 aromatic carbocycles. The fraction of sp³-hybridized carbons (Fsp3) is 0.207. The Morgan fingerprint density at radius 1 is 1.03 bits per heavy atom. The topological polar surface area (TPSA) is 35.3 Å². The molecular weight excluding hydrogens is 501 g/mol. The predicted molar refractivity (Wildman–Crippen MR) is 140 cm³/mol. The molecule has 1 fully saturated rings. The van der Waals surface area contributed by atoms with Gasteiger partial charge < -0.3 is 9.26 Å². The Morgan fingerprint density at radius 2 is 1.80 bits per heavy atom. The molecule has 0 spiro atoms. The normalized spacial score (nSPS) is 12.8. The van der Waals surface area contributed by atoms with Crippen molar-refractivity contribution in [3.8, 4) is 28.8 Å². The van der Waals surface area contributed by atoms with Crippen LogP contribution in [0.4, 0.5) is 0 Å². The predicted octanol–water partition coefficient (Wildman–Crippen LogP) is 8.52. The number of hydrogen-bond donors (Lipinski definition) is 0. The summed E-state index contributed by atoms with van der Waals surface area (Å²) < 4.78 is 11.8. The molecule has 0 saturated heterocycles. The Balaban J connectivity index is 1.39. The van der Waals surface area contributed by atoms with Crippen molar-refractivity contribution >= 4 is 34.8 Å². The lowest BCUT2D eigenvalue weighted by Crippen LogP contribution is -2.00. The molecule has 6 heteroatoms. The smallest absolute Gasteiger partial charge is 0.147 e. The molecule has 175 valence electrons. The van der Waals surface area contributed by atoms with Crippen molar-refractivity contribution in [3.05, 3.63) is 104 Å². The van der Waals surface area contributed by atoms with Gasteiger partial charge in [-0.1, -0.05) is 76.9 Å². The largest absolute Gasteiger partial charge is 0.489 e. The molecule has 35 heavy (non-hydrogen) atoms. The Bertz CT molecular complexity index is 1420. The molecule has 1 radical (unpaired) electrons. The lowest BCUT2D eigenvalue weighted by Gasteiger charge is -2.10. The van der Waals surface area contributed by atoms with Gasteiger partial charge in [-0.2, -0.15) is 0 Å². The van der Waals surface area contributed by atoms with Gasteiger partial charge >= 0.3 is 0 Å². The van der Waals surface area contributed by atoms with Crippen molar-refractivity contribution in [2.45, 2.75) is 38.7 Å². The van der Waals surface area contributed by atoms with Gasteiger partial charge in [0.05, 0.1) is 20.6 Å². The van der Waals surface area contributed by atoms with Crippen LogP contribution in [-0.2, 0) is 13.0 Å². The fourth-order valence-electron chi connectivity index (χ4n) is 3.91. The summed E-state index contributed by atoms with van der Waals surface area (Å²) in [5.41, 5.74) is 4.99. The second kappa shape index (κ2) is 10.4. The number of hydrogen-bond acceptors (Lipinski definition) is 3. The number of halogens is 3. The highest BCUT2D eigenvalue weighted by Gasteiger charge is 2.33. The van der Waals surface area contributed by atoms with E-state index in [2.05, 4.69) is 30.0 Å². The van der Waals surface area contributed by atoms with Crippen LogP contribution in [0.5, 0.6) is 5.75 Å². The third-order valence-electron chi connectivity index (χ3n) is 5.96. The van der Waals surface area contributed by atoms with Crippen molar-refractivity contribution in [1.82, 2.24) is 5.16 Å². The van der Waals surface area contributed by atoms with Crippen LogP contribution in [0, 0.1) is 17.9 Å². The van der Waals surface area contributed by atoms with Gasteiger partial charge in [0.1, 0.15) is 23.8 Å². The van der Waals surface area contributed by atoms with E-state index in [1.807, 2.05) is 30.3 Å². The molecule has 0 aliphatic heterocycles. The molecule has 1 aliphatic carbocycles. The summed E-state index contributed by atoms with van der Waals surface area (Å²) >= 11 is 19.4. The minimum atomic E-state index is 0.257. The highest BCUT2D eigenvalue weighted by atomic mass is 35.5. The average Bonchev–Trinajstić information content (AvgIpc) is 3.62. The van der Waals surface area contributed by atoms with E-state index in [9.17, 15) is 0 Å². The number of aromatic nitrogens is 1. The lowest BCUT2D eigenvalue weighted by atomic mass is 10.0. The zero-order valence-corrected chi connectivity index (χ0v) is 21.3. The van der Waals surface area contributed by atoms with Crippen LogP contribution in [0.1, 0.15) is 53.7 Å². The molecule has 1 heterocycles. The van der Waals surface area contributed by atoms with Crippen LogP contribution in [-0.4, -0.2) is 5.16 Å². The number of rotatable bonds is 6. The summed E-state index contributed by atoms with van der Waals surface area (Å²) in [7, 11) is 0. The quantitative estimate of drug-likeness (QED) is 0.239. The summed E-state index contributed by atoms with van der Waals surface area (Å²) in [5, 5.41) is 5.87. The first-order valence-electron chi connectivity index (χ1n) is 11.4.